The molecular weight excluding hydrogens is 142 g/mol. The molecule has 0 saturated carbocycles. The molecule has 3 heteroatoms. The Labute approximate surface area is 67.0 Å². The van der Waals surface area contributed by atoms with Crippen LogP contribution in [-0.4, -0.2) is 34.6 Å². The fraction of sp³-hybridized carbons (Fsp3) is 0.875. The summed E-state index contributed by atoms with van der Waals surface area (Å²) in [5.41, 5.74) is 0. The highest BCUT2D eigenvalue weighted by Gasteiger charge is 2.30. The number of aliphatic hydroxyl groups excluding tert-OH is 1. The van der Waals surface area contributed by atoms with Crippen molar-refractivity contribution in [3.63, 3.8) is 0 Å². The summed E-state index contributed by atoms with van der Waals surface area (Å²) in [7, 11) is 0. The first-order valence-electron chi connectivity index (χ1n) is 4.09. The van der Waals surface area contributed by atoms with Gasteiger partial charge in [-0.15, -0.1) is 0 Å². The molecule has 1 rings (SSSR count). The zero-order valence-electron chi connectivity index (χ0n) is 7.08. The highest BCUT2D eigenvalue weighted by atomic mass is 16.3. The average Bonchev–Trinajstić information content (AvgIpc) is 2.30. The van der Waals surface area contributed by atoms with Crippen LogP contribution in [0.15, 0.2) is 0 Å². The topological polar surface area (TPSA) is 40.5 Å². The van der Waals surface area contributed by atoms with E-state index in [-0.39, 0.29) is 18.6 Å². The lowest BCUT2D eigenvalue weighted by atomic mass is 10.2. The second-order valence-electron chi connectivity index (χ2n) is 3.22. The van der Waals surface area contributed by atoms with E-state index in [0.29, 0.717) is 12.5 Å². The zero-order valence-corrected chi connectivity index (χ0v) is 7.08. The molecule has 11 heavy (non-hydrogen) atoms. The van der Waals surface area contributed by atoms with Crippen molar-refractivity contribution in [3.05, 3.63) is 0 Å². The van der Waals surface area contributed by atoms with E-state index in [1.54, 1.807) is 4.90 Å². The summed E-state index contributed by atoms with van der Waals surface area (Å²) in [6.45, 7) is 3.97. The normalized spacial score (nSPS) is 27.7. The van der Waals surface area contributed by atoms with Crippen molar-refractivity contribution in [2.24, 2.45) is 0 Å². The fourth-order valence-corrected chi connectivity index (χ4v) is 1.61. The predicted molar refractivity (Wildman–Crippen MR) is 42.1 cm³/mol. The van der Waals surface area contributed by atoms with Gasteiger partial charge < -0.3 is 10.0 Å². The molecule has 0 radical (unpaired) electrons. The van der Waals surface area contributed by atoms with Crippen molar-refractivity contribution in [3.8, 4) is 0 Å². The molecule has 1 heterocycles. The Hall–Kier alpha value is -0.570. The van der Waals surface area contributed by atoms with Crippen molar-refractivity contribution in [1.82, 2.24) is 4.90 Å². The fourth-order valence-electron chi connectivity index (χ4n) is 1.61. The third-order valence-corrected chi connectivity index (χ3v) is 2.28. The minimum Gasteiger partial charge on any atom is -0.394 e. The van der Waals surface area contributed by atoms with Crippen LogP contribution in [0.3, 0.4) is 0 Å². The molecule has 0 spiro atoms. The predicted octanol–water partition coefficient (Wildman–Crippen LogP) is 0.378. The summed E-state index contributed by atoms with van der Waals surface area (Å²) >= 11 is 0. The number of nitrogens with zero attached hydrogens (tertiary/aromatic N) is 1. The Morgan fingerprint density at radius 1 is 1.82 bits per heavy atom. The standard InChI is InChI=1S/C8H15NO2/c1-6-3-4-8(11)9(6)7(2)5-10/h6-7,10H,3-5H2,1-2H3/t6?,7-/m0/s1. The lowest BCUT2D eigenvalue weighted by Gasteiger charge is -2.27. The number of rotatable bonds is 2. The number of carbonyl (C=O) groups excluding carboxylic acids is 1. The maximum atomic E-state index is 11.2. The van der Waals surface area contributed by atoms with Crippen molar-refractivity contribution in [2.45, 2.75) is 38.8 Å². The molecule has 1 aliphatic rings. The van der Waals surface area contributed by atoms with E-state index in [0.717, 1.165) is 6.42 Å². The van der Waals surface area contributed by atoms with E-state index in [1.165, 1.54) is 0 Å². The van der Waals surface area contributed by atoms with Gasteiger partial charge in [0.1, 0.15) is 0 Å². The maximum Gasteiger partial charge on any atom is 0.223 e. The van der Waals surface area contributed by atoms with Gasteiger partial charge in [0.2, 0.25) is 5.91 Å². The van der Waals surface area contributed by atoms with Crippen LogP contribution < -0.4 is 0 Å². The molecule has 1 fully saturated rings. The number of carbonyl (C=O) groups is 1. The lowest BCUT2D eigenvalue weighted by Crippen LogP contribution is -2.40. The highest BCUT2D eigenvalue weighted by Crippen LogP contribution is 2.20. The van der Waals surface area contributed by atoms with E-state index in [1.807, 2.05) is 13.8 Å². The minimum atomic E-state index is -0.0139. The van der Waals surface area contributed by atoms with E-state index >= 15 is 0 Å². The quantitative estimate of drug-likeness (QED) is 0.629. The molecule has 0 aromatic heterocycles. The number of hydrogen-bond acceptors (Lipinski definition) is 2. The lowest BCUT2D eigenvalue weighted by molar-refractivity contribution is -0.131. The molecule has 0 aromatic carbocycles. The molecular formula is C8H15NO2. The number of aliphatic hydroxyl groups is 1. The molecule has 0 aliphatic carbocycles. The Morgan fingerprint density at radius 2 is 2.45 bits per heavy atom. The number of amides is 1. The summed E-state index contributed by atoms with van der Waals surface area (Å²) < 4.78 is 0. The Balaban J connectivity index is 2.60. The minimum absolute atomic E-state index is 0.0139. The molecule has 1 saturated heterocycles. The summed E-state index contributed by atoms with van der Waals surface area (Å²) in [6, 6.07) is 0.296. The molecule has 1 aliphatic heterocycles. The van der Waals surface area contributed by atoms with Crippen LogP contribution in [0.5, 0.6) is 0 Å². The molecule has 64 valence electrons. The van der Waals surface area contributed by atoms with Gasteiger partial charge in [-0.05, 0) is 20.3 Å². The van der Waals surface area contributed by atoms with Gasteiger partial charge in [0.15, 0.2) is 0 Å². The first kappa shape index (κ1) is 8.53. The van der Waals surface area contributed by atoms with E-state index in [4.69, 9.17) is 5.11 Å². The zero-order chi connectivity index (χ0) is 8.43. The van der Waals surface area contributed by atoms with Gasteiger partial charge in [-0.3, -0.25) is 4.79 Å². The molecule has 0 aromatic rings. The third-order valence-electron chi connectivity index (χ3n) is 2.28. The molecule has 0 bridgehead atoms. The highest BCUT2D eigenvalue weighted by molar-refractivity contribution is 5.79. The van der Waals surface area contributed by atoms with Gasteiger partial charge in [0.05, 0.1) is 12.6 Å². The van der Waals surface area contributed by atoms with Crippen LogP contribution in [0.2, 0.25) is 0 Å². The van der Waals surface area contributed by atoms with Crippen molar-refractivity contribution < 1.29 is 9.90 Å². The van der Waals surface area contributed by atoms with E-state index < -0.39 is 0 Å². The van der Waals surface area contributed by atoms with E-state index in [2.05, 4.69) is 0 Å². The molecule has 3 nitrogen and oxygen atoms in total. The summed E-state index contributed by atoms with van der Waals surface area (Å²) in [4.78, 5) is 13.0. The number of likely N-dealkylation sites (tertiary alicyclic amines) is 1. The van der Waals surface area contributed by atoms with Gasteiger partial charge in [-0.25, -0.2) is 0 Å². The van der Waals surface area contributed by atoms with Gasteiger partial charge in [0, 0.05) is 12.5 Å². The first-order chi connectivity index (χ1) is 5.16. The SMILES string of the molecule is CC1CCC(=O)N1[C@@H](C)CO. The maximum absolute atomic E-state index is 11.2. The third kappa shape index (κ3) is 1.53. The first-order valence-corrected chi connectivity index (χ1v) is 4.09. The van der Waals surface area contributed by atoms with Gasteiger partial charge in [-0.1, -0.05) is 0 Å². The second-order valence-corrected chi connectivity index (χ2v) is 3.22. The van der Waals surface area contributed by atoms with Crippen LogP contribution in [0, 0.1) is 0 Å². The summed E-state index contributed by atoms with van der Waals surface area (Å²) in [6.07, 6.45) is 1.58. The van der Waals surface area contributed by atoms with Crippen molar-refractivity contribution in [2.75, 3.05) is 6.61 Å². The Kier molecular flexibility index (Phi) is 2.49. The molecule has 2 atom stereocenters. The Bertz CT molecular complexity index is 158. The van der Waals surface area contributed by atoms with Crippen molar-refractivity contribution in [1.29, 1.82) is 0 Å². The molecule has 1 N–H and O–H groups in total. The van der Waals surface area contributed by atoms with Crippen LogP contribution in [0.1, 0.15) is 26.7 Å². The van der Waals surface area contributed by atoms with Crippen LogP contribution in [0.25, 0.3) is 0 Å². The van der Waals surface area contributed by atoms with E-state index in [9.17, 15) is 4.79 Å². The number of hydrogen-bond donors (Lipinski definition) is 1. The Morgan fingerprint density at radius 3 is 2.82 bits per heavy atom. The summed E-state index contributed by atoms with van der Waals surface area (Å²) in [5, 5.41) is 8.84. The smallest absolute Gasteiger partial charge is 0.223 e. The van der Waals surface area contributed by atoms with Gasteiger partial charge in [0.25, 0.3) is 0 Å². The van der Waals surface area contributed by atoms with Gasteiger partial charge >= 0.3 is 0 Å². The molecule has 1 unspecified atom stereocenters. The average molecular weight is 157 g/mol. The summed E-state index contributed by atoms with van der Waals surface area (Å²) in [5.74, 6) is 0.180. The van der Waals surface area contributed by atoms with Crippen LogP contribution in [-0.2, 0) is 4.79 Å². The van der Waals surface area contributed by atoms with Gasteiger partial charge in [-0.2, -0.15) is 0 Å². The largest absolute Gasteiger partial charge is 0.394 e. The van der Waals surface area contributed by atoms with Crippen molar-refractivity contribution >= 4 is 5.91 Å². The van der Waals surface area contributed by atoms with Crippen LogP contribution in [0.4, 0.5) is 0 Å². The monoisotopic (exact) mass is 157 g/mol. The van der Waals surface area contributed by atoms with Crippen LogP contribution >= 0.6 is 0 Å². The second kappa shape index (κ2) is 3.22. The molecule has 1 amide bonds.